The van der Waals surface area contributed by atoms with Gasteiger partial charge in [-0.3, -0.25) is 0 Å². The van der Waals surface area contributed by atoms with Crippen molar-refractivity contribution in [2.45, 2.75) is 31.6 Å². The van der Waals surface area contributed by atoms with Crippen LogP contribution in [-0.2, 0) is 5.41 Å². The summed E-state index contributed by atoms with van der Waals surface area (Å²) in [5, 5.41) is 22.9. The second-order valence-electron chi connectivity index (χ2n) is 4.87. The fourth-order valence-electron chi connectivity index (χ4n) is 2.68. The Bertz CT molecular complexity index is 754. The fourth-order valence-corrected chi connectivity index (χ4v) is 2.68. The third kappa shape index (κ3) is 1.40. The van der Waals surface area contributed by atoms with Crippen LogP contribution in [0.25, 0.3) is 5.52 Å². The Morgan fingerprint density at radius 3 is 2.58 bits per heavy atom. The monoisotopic (exact) mass is 252 g/mol. The van der Waals surface area contributed by atoms with Gasteiger partial charge in [0.1, 0.15) is 17.7 Å². The van der Waals surface area contributed by atoms with Crippen LogP contribution < -0.4 is 5.73 Å². The lowest BCUT2D eigenvalue weighted by Gasteiger charge is -2.12. The molecule has 19 heavy (non-hydrogen) atoms. The zero-order valence-electron chi connectivity index (χ0n) is 10.5. The van der Waals surface area contributed by atoms with Gasteiger partial charge in [0, 0.05) is 5.41 Å². The van der Waals surface area contributed by atoms with E-state index in [4.69, 9.17) is 5.73 Å². The van der Waals surface area contributed by atoms with Gasteiger partial charge in [-0.25, -0.2) is 9.50 Å². The molecule has 6 nitrogen and oxygen atoms in total. The normalized spacial score (nSPS) is 15.9. The molecule has 1 aliphatic carbocycles. The molecule has 0 radical (unpaired) electrons. The molecule has 2 aromatic rings. The summed E-state index contributed by atoms with van der Waals surface area (Å²) in [6, 6.07) is 4.24. The van der Waals surface area contributed by atoms with E-state index in [2.05, 4.69) is 29.1 Å². The van der Waals surface area contributed by atoms with Crippen LogP contribution in [0.15, 0.2) is 6.20 Å². The average molecular weight is 252 g/mol. The van der Waals surface area contributed by atoms with Gasteiger partial charge in [0.15, 0.2) is 0 Å². The first-order chi connectivity index (χ1) is 9.16. The summed E-state index contributed by atoms with van der Waals surface area (Å²) in [7, 11) is 0. The summed E-state index contributed by atoms with van der Waals surface area (Å²) in [6.07, 6.45) is 4.46. The molecule has 0 aromatic carbocycles. The van der Waals surface area contributed by atoms with Crippen LogP contribution >= 0.6 is 0 Å². The molecule has 94 valence electrons. The number of rotatable bonds is 2. The molecule has 0 atom stereocenters. The van der Waals surface area contributed by atoms with Gasteiger partial charge in [-0.15, -0.1) is 5.10 Å². The van der Waals surface area contributed by atoms with E-state index in [9.17, 15) is 10.5 Å². The summed E-state index contributed by atoms with van der Waals surface area (Å²) in [4.78, 5) is 3.92. The molecule has 0 unspecified atom stereocenters. The first-order valence-corrected chi connectivity index (χ1v) is 6.14. The highest BCUT2D eigenvalue weighted by Crippen LogP contribution is 2.52. The van der Waals surface area contributed by atoms with Crippen molar-refractivity contribution in [1.29, 1.82) is 10.5 Å². The van der Waals surface area contributed by atoms with Crippen LogP contribution in [0.3, 0.4) is 0 Å². The summed E-state index contributed by atoms with van der Waals surface area (Å²) < 4.78 is 1.63. The first-order valence-electron chi connectivity index (χ1n) is 6.14. The van der Waals surface area contributed by atoms with E-state index in [1.54, 1.807) is 4.52 Å². The van der Waals surface area contributed by atoms with Crippen LogP contribution in [0.4, 0.5) is 5.95 Å². The van der Waals surface area contributed by atoms with Crippen LogP contribution in [0, 0.1) is 22.7 Å². The van der Waals surface area contributed by atoms with Crippen molar-refractivity contribution < 1.29 is 0 Å². The Balaban J connectivity index is 2.46. The van der Waals surface area contributed by atoms with Gasteiger partial charge in [-0.2, -0.15) is 10.5 Å². The number of hydrogen-bond acceptors (Lipinski definition) is 5. The Hall–Kier alpha value is -2.60. The van der Waals surface area contributed by atoms with E-state index in [0.29, 0.717) is 16.6 Å². The fraction of sp³-hybridized carbons (Fsp3) is 0.385. The highest BCUT2D eigenvalue weighted by atomic mass is 15.3. The molecule has 1 fully saturated rings. The van der Waals surface area contributed by atoms with Gasteiger partial charge >= 0.3 is 0 Å². The topological polar surface area (TPSA) is 104 Å². The van der Waals surface area contributed by atoms with E-state index in [1.165, 1.54) is 6.20 Å². The standard InChI is InChI=1S/C13H12N6/c1-2-13(3-4-13)11-9(6-15)8(5-14)10-7-17-12(16)18-19(10)11/h7H,2-4H2,1H3,(H2,16,18). The molecule has 0 bridgehead atoms. The van der Waals surface area contributed by atoms with Gasteiger partial charge in [-0.05, 0) is 19.3 Å². The third-order valence-corrected chi connectivity index (χ3v) is 3.96. The van der Waals surface area contributed by atoms with Crippen LogP contribution in [-0.4, -0.2) is 14.6 Å². The average Bonchev–Trinajstić information content (AvgIpc) is 3.14. The van der Waals surface area contributed by atoms with E-state index >= 15 is 0 Å². The predicted octanol–water partition coefficient (Wildman–Crippen LogP) is 1.50. The number of hydrogen-bond donors (Lipinski definition) is 1. The molecule has 6 heteroatoms. The highest BCUT2D eigenvalue weighted by molar-refractivity contribution is 5.71. The second-order valence-corrected chi connectivity index (χ2v) is 4.87. The minimum atomic E-state index is -0.0378. The van der Waals surface area contributed by atoms with Gasteiger partial charge in [0.2, 0.25) is 5.95 Å². The molecule has 3 rings (SSSR count). The molecule has 0 saturated heterocycles. The molecule has 2 heterocycles. The van der Waals surface area contributed by atoms with E-state index < -0.39 is 0 Å². The largest absolute Gasteiger partial charge is 0.367 e. The molecule has 0 amide bonds. The Morgan fingerprint density at radius 2 is 2.05 bits per heavy atom. The highest BCUT2D eigenvalue weighted by Gasteiger charge is 2.47. The van der Waals surface area contributed by atoms with Crippen molar-refractivity contribution in [3.05, 3.63) is 23.0 Å². The van der Waals surface area contributed by atoms with Crippen LogP contribution in [0.5, 0.6) is 0 Å². The second kappa shape index (κ2) is 3.69. The number of anilines is 1. The molecular weight excluding hydrogens is 240 g/mol. The van der Waals surface area contributed by atoms with Crippen molar-refractivity contribution in [3.8, 4) is 12.1 Å². The number of nitrogens with two attached hydrogens (primary N) is 1. The molecule has 2 N–H and O–H groups in total. The number of nitrogens with zero attached hydrogens (tertiary/aromatic N) is 5. The van der Waals surface area contributed by atoms with Crippen molar-refractivity contribution >= 4 is 11.5 Å². The minimum absolute atomic E-state index is 0.0378. The molecular formula is C13H12N6. The number of nitrogen functional groups attached to an aromatic ring is 1. The quantitative estimate of drug-likeness (QED) is 0.872. The SMILES string of the molecule is CCC1(c2c(C#N)c(C#N)c3cnc(N)nn23)CC1. The Morgan fingerprint density at radius 1 is 1.37 bits per heavy atom. The van der Waals surface area contributed by atoms with E-state index in [-0.39, 0.29) is 11.4 Å². The summed E-state index contributed by atoms with van der Waals surface area (Å²) in [5.74, 6) is 0.143. The van der Waals surface area contributed by atoms with Gasteiger partial charge < -0.3 is 5.73 Å². The summed E-state index contributed by atoms with van der Waals surface area (Å²) in [5.41, 5.74) is 7.73. The maximum Gasteiger partial charge on any atom is 0.238 e. The zero-order valence-corrected chi connectivity index (χ0v) is 10.5. The number of fused-ring (bicyclic) bond motifs is 1. The molecule has 2 aromatic heterocycles. The number of nitriles is 2. The van der Waals surface area contributed by atoms with Crippen LogP contribution in [0.2, 0.25) is 0 Å². The van der Waals surface area contributed by atoms with Crippen LogP contribution in [0.1, 0.15) is 43.0 Å². The minimum Gasteiger partial charge on any atom is -0.367 e. The van der Waals surface area contributed by atoms with E-state index in [0.717, 1.165) is 25.0 Å². The van der Waals surface area contributed by atoms with Gasteiger partial charge in [0.05, 0.1) is 23.0 Å². The first kappa shape index (κ1) is 11.5. The van der Waals surface area contributed by atoms with Gasteiger partial charge in [-0.1, -0.05) is 6.92 Å². The Kier molecular flexibility index (Phi) is 2.23. The Labute approximate surface area is 110 Å². The van der Waals surface area contributed by atoms with Crippen molar-refractivity contribution in [1.82, 2.24) is 14.6 Å². The lowest BCUT2D eigenvalue weighted by atomic mass is 9.95. The lowest BCUT2D eigenvalue weighted by molar-refractivity contribution is 0.615. The number of aromatic nitrogens is 3. The molecule has 0 aliphatic heterocycles. The molecule has 0 spiro atoms. The third-order valence-electron chi connectivity index (χ3n) is 3.96. The summed E-state index contributed by atoms with van der Waals surface area (Å²) >= 11 is 0. The smallest absolute Gasteiger partial charge is 0.238 e. The van der Waals surface area contributed by atoms with Crippen molar-refractivity contribution in [2.24, 2.45) is 0 Å². The molecule has 1 aliphatic rings. The molecule has 1 saturated carbocycles. The zero-order chi connectivity index (χ0) is 13.6. The predicted molar refractivity (Wildman–Crippen MR) is 68.0 cm³/mol. The van der Waals surface area contributed by atoms with Crippen molar-refractivity contribution in [2.75, 3.05) is 5.73 Å². The van der Waals surface area contributed by atoms with E-state index in [1.807, 2.05) is 0 Å². The summed E-state index contributed by atoms with van der Waals surface area (Å²) in [6.45, 7) is 2.09. The van der Waals surface area contributed by atoms with Gasteiger partial charge in [0.25, 0.3) is 0 Å². The lowest BCUT2D eigenvalue weighted by Crippen LogP contribution is -2.13. The maximum absolute atomic E-state index is 9.39. The maximum atomic E-state index is 9.39. The van der Waals surface area contributed by atoms with Crippen molar-refractivity contribution in [3.63, 3.8) is 0 Å².